The van der Waals surface area contributed by atoms with Crippen LogP contribution < -0.4 is 9.47 Å². The number of aryl methyl sites for hydroxylation is 2. The van der Waals surface area contributed by atoms with Crippen LogP contribution in [0.5, 0.6) is 11.5 Å². The van der Waals surface area contributed by atoms with Crippen molar-refractivity contribution in [3.05, 3.63) is 18.0 Å². The highest BCUT2D eigenvalue weighted by Crippen LogP contribution is 2.36. The lowest BCUT2D eigenvalue weighted by Crippen LogP contribution is -2.04. The van der Waals surface area contributed by atoms with Crippen molar-refractivity contribution < 1.29 is 9.47 Å². The summed E-state index contributed by atoms with van der Waals surface area (Å²) < 4.78 is 13.1. The van der Waals surface area contributed by atoms with Gasteiger partial charge in [-0.05, 0) is 12.8 Å². The van der Waals surface area contributed by atoms with Gasteiger partial charge in [-0.25, -0.2) is 4.98 Å². The number of unbranched alkanes of at least 4 members (excludes halogenated alkanes) is 2. The van der Waals surface area contributed by atoms with Gasteiger partial charge in [-0.1, -0.05) is 13.3 Å². The molecule has 0 saturated heterocycles. The van der Waals surface area contributed by atoms with Crippen LogP contribution in [0.15, 0.2) is 12.1 Å². The van der Waals surface area contributed by atoms with Gasteiger partial charge in [-0.2, -0.15) is 5.26 Å². The van der Waals surface area contributed by atoms with Crippen molar-refractivity contribution in [2.45, 2.75) is 45.6 Å². The first kappa shape index (κ1) is 13.7. The normalized spacial score (nSPS) is 12.8. The quantitative estimate of drug-likeness (QED) is 0.763. The Bertz CT molecular complexity index is 685. The fraction of sp³-hybridized carbons (Fsp3) is 0.500. The number of aromatic nitrogens is 2. The van der Waals surface area contributed by atoms with E-state index in [4.69, 9.17) is 19.7 Å². The van der Waals surface area contributed by atoms with Crippen LogP contribution in [-0.4, -0.2) is 16.3 Å². The van der Waals surface area contributed by atoms with E-state index in [-0.39, 0.29) is 6.79 Å². The van der Waals surface area contributed by atoms with Crippen molar-refractivity contribution in [1.82, 2.24) is 9.55 Å². The monoisotopic (exact) mass is 285 g/mol. The molecule has 0 spiro atoms. The maximum atomic E-state index is 8.73. The average Bonchev–Trinajstić information content (AvgIpc) is 3.07. The van der Waals surface area contributed by atoms with E-state index in [1.54, 1.807) is 0 Å². The highest BCUT2D eigenvalue weighted by molar-refractivity contribution is 5.81. The number of hydrogen-bond donors (Lipinski definition) is 0. The van der Waals surface area contributed by atoms with Gasteiger partial charge in [0.1, 0.15) is 5.82 Å². The molecule has 0 N–H and O–H groups in total. The third-order valence-corrected chi connectivity index (χ3v) is 3.75. The van der Waals surface area contributed by atoms with Gasteiger partial charge in [0.25, 0.3) is 0 Å². The summed E-state index contributed by atoms with van der Waals surface area (Å²) in [7, 11) is 0. The van der Waals surface area contributed by atoms with Crippen LogP contribution in [0.25, 0.3) is 11.0 Å². The first-order chi connectivity index (χ1) is 10.3. The molecule has 5 heteroatoms. The largest absolute Gasteiger partial charge is 0.454 e. The number of benzene rings is 1. The first-order valence-corrected chi connectivity index (χ1v) is 7.49. The standard InChI is InChI=1S/C16H19N3O2/c1-2-3-6-16-18-12-9-14-15(21-11-20-14)10-13(12)19(16)8-5-4-7-17/h9-10H,2-6,8,11H2,1H3. The summed E-state index contributed by atoms with van der Waals surface area (Å²) >= 11 is 0. The van der Waals surface area contributed by atoms with Gasteiger partial charge in [0, 0.05) is 31.5 Å². The van der Waals surface area contributed by atoms with E-state index >= 15 is 0 Å². The molecule has 3 rings (SSSR count). The number of fused-ring (bicyclic) bond motifs is 2. The highest BCUT2D eigenvalue weighted by atomic mass is 16.7. The van der Waals surface area contributed by atoms with E-state index in [2.05, 4.69) is 17.6 Å². The van der Waals surface area contributed by atoms with E-state index in [0.717, 1.165) is 60.6 Å². The Kier molecular flexibility index (Phi) is 3.96. The molecule has 0 atom stereocenters. The third-order valence-electron chi connectivity index (χ3n) is 3.75. The summed E-state index contributed by atoms with van der Waals surface area (Å²) in [5.74, 6) is 2.64. The molecule has 5 nitrogen and oxygen atoms in total. The van der Waals surface area contributed by atoms with E-state index in [1.807, 2.05) is 12.1 Å². The van der Waals surface area contributed by atoms with Gasteiger partial charge in [0.15, 0.2) is 11.5 Å². The Morgan fingerprint density at radius 1 is 1.29 bits per heavy atom. The summed E-state index contributed by atoms with van der Waals surface area (Å²) in [4.78, 5) is 4.75. The molecule has 1 aliphatic heterocycles. The van der Waals surface area contributed by atoms with E-state index < -0.39 is 0 Å². The lowest BCUT2D eigenvalue weighted by atomic mass is 10.2. The Labute approximate surface area is 124 Å². The summed E-state index contributed by atoms with van der Waals surface area (Å²) in [6, 6.07) is 6.16. The Balaban J connectivity index is 1.99. The second-order valence-corrected chi connectivity index (χ2v) is 5.24. The predicted molar refractivity (Wildman–Crippen MR) is 79.3 cm³/mol. The molecule has 0 fully saturated rings. The molecule has 2 aromatic rings. The molecule has 1 aromatic heterocycles. The summed E-state index contributed by atoms with van der Waals surface area (Å²) in [6.45, 7) is 3.28. The van der Waals surface area contributed by atoms with E-state index in [0.29, 0.717) is 6.42 Å². The predicted octanol–water partition coefficient (Wildman–Crippen LogP) is 3.41. The zero-order valence-electron chi connectivity index (χ0n) is 12.3. The zero-order valence-corrected chi connectivity index (χ0v) is 12.3. The molecule has 0 unspecified atom stereocenters. The molecule has 2 heterocycles. The Morgan fingerprint density at radius 3 is 2.86 bits per heavy atom. The van der Waals surface area contributed by atoms with Gasteiger partial charge in [0.2, 0.25) is 6.79 Å². The van der Waals surface area contributed by atoms with Crippen molar-refractivity contribution in [1.29, 1.82) is 5.26 Å². The fourth-order valence-corrected chi connectivity index (χ4v) is 2.66. The minimum atomic E-state index is 0.277. The molecule has 0 radical (unpaired) electrons. The molecule has 0 saturated carbocycles. The zero-order chi connectivity index (χ0) is 14.7. The van der Waals surface area contributed by atoms with Crippen LogP contribution in [-0.2, 0) is 13.0 Å². The maximum absolute atomic E-state index is 8.73. The van der Waals surface area contributed by atoms with Crippen molar-refractivity contribution in [2.24, 2.45) is 0 Å². The number of rotatable bonds is 6. The molecule has 1 aliphatic rings. The third kappa shape index (κ3) is 2.66. The van der Waals surface area contributed by atoms with Crippen molar-refractivity contribution in [3.63, 3.8) is 0 Å². The summed E-state index contributed by atoms with van der Waals surface area (Å²) in [5, 5.41) is 8.73. The van der Waals surface area contributed by atoms with Crippen LogP contribution in [0.3, 0.4) is 0 Å². The van der Waals surface area contributed by atoms with E-state index in [1.165, 1.54) is 0 Å². The topological polar surface area (TPSA) is 60.1 Å². The molecular formula is C16H19N3O2. The molecule has 1 aromatic carbocycles. The molecule has 0 amide bonds. The number of imidazole rings is 1. The molecule has 0 bridgehead atoms. The molecule has 21 heavy (non-hydrogen) atoms. The highest BCUT2D eigenvalue weighted by Gasteiger charge is 2.18. The van der Waals surface area contributed by atoms with Crippen molar-refractivity contribution in [3.8, 4) is 17.6 Å². The Morgan fingerprint density at radius 2 is 2.10 bits per heavy atom. The number of ether oxygens (including phenoxy) is 2. The van der Waals surface area contributed by atoms with Gasteiger partial charge in [-0.15, -0.1) is 0 Å². The van der Waals surface area contributed by atoms with E-state index in [9.17, 15) is 0 Å². The second-order valence-electron chi connectivity index (χ2n) is 5.24. The lowest BCUT2D eigenvalue weighted by molar-refractivity contribution is 0.174. The minimum Gasteiger partial charge on any atom is -0.454 e. The molecule has 0 aliphatic carbocycles. The molecule has 110 valence electrons. The van der Waals surface area contributed by atoms with Crippen molar-refractivity contribution in [2.75, 3.05) is 6.79 Å². The van der Waals surface area contributed by atoms with Crippen LogP contribution in [0.4, 0.5) is 0 Å². The maximum Gasteiger partial charge on any atom is 0.231 e. The SMILES string of the molecule is CCCCc1nc2cc3c(cc2n1CCCC#N)OCO3. The summed E-state index contributed by atoms with van der Waals surface area (Å²) in [6.07, 6.45) is 4.63. The Hall–Kier alpha value is -2.22. The number of hydrogen-bond acceptors (Lipinski definition) is 4. The fourth-order valence-electron chi connectivity index (χ4n) is 2.66. The lowest BCUT2D eigenvalue weighted by Gasteiger charge is -2.08. The van der Waals surface area contributed by atoms with Gasteiger partial charge < -0.3 is 14.0 Å². The van der Waals surface area contributed by atoms with Crippen LogP contribution in [0.2, 0.25) is 0 Å². The first-order valence-electron chi connectivity index (χ1n) is 7.49. The van der Waals surface area contributed by atoms with Crippen LogP contribution >= 0.6 is 0 Å². The van der Waals surface area contributed by atoms with Crippen molar-refractivity contribution >= 4 is 11.0 Å². The number of nitrogens with zero attached hydrogens (tertiary/aromatic N) is 3. The van der Waals surface area contributed by atoms with Gasteiger partial charge >= 0.3 is 0 Å². The van der Waals surface area contributed by atoms with Gasteiger partial charge in [-0.3, -0.25) is 0 Å². The van der Waals surface area contributed by atoms with Crippen LogP contribution in [0.1, 0.15) is 38.4 Å². The van der Waals surface area contributed by atoms with Crippen LogP contribution in [0, 0.1) is 11.3 Å². The molecular weight excluding hydrogens is 266 g/mol. The average molecular weight is 285 g/mol. The number of nitriles is 1. The minimum absolute atomic E-state index is 0.277. The summed E-state index contributed by atoms with van der Waals surface area (Å²) in [5.41, 5.74) is 2.02. The van der Waals surface area contributed by atoms with Gasteiger partial charge in [0.05, 0.1) is 17.1 Å². The second kappa shape index (κ2) is 6.04. The smallest absolute Gasteiger partial charge is 0.231 e.